The summed E-state index contributed by atoms with van der Waals surface area (Å²) in [6, 6.07) is 1.92. The zero-order valence-corrected chi connectivity index (χ0v) is 8.62. The maximum Gasteiger partial charge on any atom is 0.174 e. The van der Waals surface area contributed by atoms with Crippen LogP contribution in [0.3, 0.4) is 0 Å². The summed E-state index contributed by atoms with van der Waals surface area (Å²) in [5, 5.41) is 0. The van der Waals surface area contributed by atoms with Gasteiger partial charge >= 0.3 is 0 Å². The van der Waals surface area contributed by atoms with E-state index in [2.05, 4.69) is 27.5 Å². The van der Waals surface area contributed by atoms with Gasteiger partial charge in [-0.3, -0.25) is 0 Å². The largest absolute Gasteiger partial charge is 0.469 e. The number of ether oxygens (including phenoxy) is 1. The van der Waals surface area contributed by atoms with Gasteiger partial charge in [-0.25, -0.2) is 4.98 Å². The van der Waals surface area contributed by atoms with Crippen molar-refractivity contribution in [1.82, 2.24) is 4.98 Å². The first-order chi connectivity index (χ1) is 6.31. The Morgan fingerprint density at radius 3 is 3.38 bits per heavy atom. The first-order valence-corrected chi connectivity index (χ1v) is 4.75. The molecule has 0 unspecified atom stereocenters. The second-order valence-electron chi connectivity index (χ2n) is 2.76. The third kappa shape index (κ3) is 1.54. The molecule has 0 radical (unpaired) electrons. The number of hydrogen-bond donors (Lipinski definition) is 0. The van der Waals surface area contributed by atoms with E-state index in [0.29, 0.717) is 6.73 Å². The van der Waals surface area contributed by atoms with Gasteiger partial charge in [0.25, 0.3) is 0 Å². The zero-order chi connectivity index (χ0) is 9.26. The van der Waals surface area contributed by atoms with Crippen molar-refractivity contribution in [3.05, 3.63) is 29.4 Å². The van der Waals surface area contributed by atoms with Crippen LogP contribution in [-0.2, 0) is 0 Å². The predicted molar refractivity (Wildman–Crippen MR) is 55.0 cm³/mol. The van der Waals surface area contributed by atoms with Gasteiger partial charge in [-0.05, 0) is 22.0 Å². The summed E-state index contributed by atoms with van der Waals surface area (Å²) in [5.41, 5.74) is 0. The molecule has 0 spiro atoms. The molecule has 1 aliphatic heterocycles. The lowest BCUT2D eigenvalue weighted by atomic mass is 10.4. The Labute approximate surface area is 85.2 Å². The lowest BCUT2D eigenvalue weighted by Crippen LogP contribution is -2.22. The molecule has 0 saturated heterocycles. The number of nitrogens with zero attached hydrogens (tertiary/aromatic N) is 2. The number of halogens is 1. The molecule has 13 heavy (non-hydrogen) atoms. The smallest absolute Gasteiger partial charge is 0.174 e. The molecule has 0 saturated carbocycles. The van der Waals surface area contributed by atoms with Gasteiger partial charge in [0.2, 0.25) is 0 Å². The fourth-order valence-corrected chi connectivity index (χ4v) is 1.57. The van der Waals surface area contributed by atoms with E-state index in [1.807, 2.05) is 17.0 Å². The van der Waals surface area contributed by atoms with E-state index in [1.54, 1.807) is 6.20 Å². The fourth-order valence-electron chi connectivity index (χ4n) is 1.26. The number of rotatable bonds is 2. The molecule has 1 aromatic rings. The lowest BCUT2D eigenvalue weighted by molar-refractivity contribution is 0.350. The Balaban J connectivity index is 2.32. The van der Waals surface area contributed by atoms with Gasteiger partial charge in [0, 0.05) is 17.2 Å². The van der Waals surface area contributed by atoms with E-state index < -0.39 is 0 Å². The molecular formula is C9H9BrN2O. The molecule has 0 fully saturated rings. The second-order valence-corrected chi connectivity index (χ2v) is 3.68. The van der Waals surface area contributed by atoms with Crippen LogP contribution in [0, 0.1) is 0 Å². The average molecular weight is 241 g/mol. The Kier molecular flexibility index (Phi) is 2.22. The maximum atomic E-state index is 5.43. The summed E-state index contributed by atoms with van der Waals surface area (Å²) < 4.78 is 6.37. The number of pyridine rings is 1. The van der Waals surface area contributed by atoms with Crippen LogP contribution in [0.15, 0.2) is 29.4 Å². The summed E-state index contributed by atoms with van der Waals surface area (Å²) in [6.45, 7) is 5.01. The van der Waals surface area contributed by atoms with Gasteiger partial charge in [0.15, 0.2) is 18.3 Å². The summed E-state index contributed by atoms with van der Waals surface area (Å²) in [7, 11) is 0. The van der Waals surface area contributed by atoms with E-state index in [9.17, 15) is 0 Å². The normalized spacial score (nSPS) is 13.8. The number of hydrogen-bond acceptors (Lipinski definition) is 3. The minimum Gasteiger partial charge on any atom is -0.469 e. The average Bonchev–Trinajstić information content (AvgIpc) is 2.49. The Bertz CT molecular complexity index is 340. The Morgan fingerprint density at radius 1 is 1.77 bits per heavy atom. The summed E-state index contributed by atoms with van der Waals surface area (Å²) in [5.74, 6) is 1.72. The second kappa shape index (κ2) is 3.38. The topological polar surface area (TPSA) is 25.4 Å². The molecule has 0 aromatic carbocycles. The summed E-state index contributed by atoms with van der Waals surface area (Å²) in [4.78, 5) is 6.29. The highest BCUT2D eigenvalue weighted by atomic mass is 79.9. The summed E-state index contributed by atoms with van der Waals surface area (Å²) >= 11 is 3.34. The Hall–Kier alpha value is -1.03. The van der Waals surface area contributed by atoms with Crippen LogP contribution in [0.2, 0.25) is 0 Å². The summed E-state index contributed by atoms with van der Waals surface area (Å²) in [6.07, 6.45) is 3.60. The van der Waals surface area contributed by atoms with Crippen LogP contribution in [0.25, 0.3) is 0 Å². The molecule has 68 valence electrons. The number of anilines is 1. The molecule has 0 N–H and O–H groups in total. The van der Waals surface area contributed by atoms with E-state index in [1.165, 1.54) is 0 Å². The van der Waals surface area contributed by atoms with Gasteiger partial charge in [-0.1, -0.05) is 6.08 Å². The van der Waals surface area contributed by atoms with Crippen molar-refractivity contribution >= 4 is 21.7 Å². The molecule has 0 bridgehead atoms. The minimum absolute atomic E-state index is 0.560. The van der Waals surface area contributed by atoms with Crippen LogP contribution < -0.4 is 9.64 Å². The molecule has 1 aliphatic rings. The van der Waals surface area contributed by atoms with Crippen LogP contribution in [0.5, 0.6) is 5.75 Å². The highest BCUT2D eigenvalue weighted by molar-refractivity contribution is 9.10. The molecule has 0 amide bonds. The van der Waals surface area contributed by atoms with E-state index in [4.69, 9.17) is 4.74 Å². The Morgan fingerprint density at radius 2 is 2.62 bits per heavy atom. The van der Waals surface area contributed by atoms with E-state index in [-0.39, 0.29) is 0 Å². The molecule has 0 aliphatic carbocycles. The molecule has 1 aromatic heterocycles. The standard InChI is InChI=1S/C9H9BrN2O/c1-2-3-12-6-13-8-4-7(10)5-11-9(8)12/h2,4-5H,1,3,6H2. The molecular weight excluding hydrogens is 232 g/mol. The van der Waals surface area contributed by atoms with Crippen LogP contribution in [0.4, 0.5) is 5.82 Å². The van der Waals surface area contributed by atoms with E-state index >= 15 is 0 Å². The number of fused-ring (bicyclic) bond motifs is 1. The molecule has 2 rings (SSSR count). The highest BCUT2D eigenvalue weighted by Gasteiger charge is 2.20. The predicted octanol–water partition coefficient (Wildman–Crippen LogP) is 2.19. The highest BCUT2D eigenvalue weighted by Crippen LogP contribution is 2.33. The lowest BCUT2D eigenvalue weighted by Gasteiger charge is -2.11. The fraction of sp³-hybridized carbons (Fsp3) is 0.222. The van der Waals surface area contributed by atoms with Gasteiger partial charge < -0.3 is 9.64 Å². The van der Waals surface area contributed by atoms with Gasteiger partial charge in [0.05, 0.1) is 0 Å². The third-order valence-corrected chi connectivity index (χ3v) is 2.26. The third-order valence-electron chi connectivity index (χ3n) is 1.82. The zero-order valence-electron chi connectivity index (χ0n) is 7.03. The van der Waals surface area contributed by atoms with Gasteiger partial charge in [-0.2, -0.15) is 0 Å². The monoisotopic (exact) mass is 240 g/mol. The van der Waals surface area contributed by atoms with Crippen molar-refractivity contribution in [1.29, 1.82) is 0 Å². The molecule has 0 atom stereocenters. The molecule has 2 heterocycles. The van der Waals surface area contributed by atoms with Crippen molar-refractivity contribution in [2.75, 3.05) is 18.2 Å². The first-order valence-electron chi connectivity index (χ1n) is 3.95. The first kappa shape index (κ1) is 8.56. The minimum atomic E-state index is 0.560. The van der Waals surface area contributed by atoms with Crippen molar-refractivity contribution < 1.29 is 4.74 Å². The van der Waals surface area contributed by atoms with Gasteiger partial charge in [0.1, 0.15) is 0 Å². The SMILES string of the molecule is C=CCN1COc2cc(Br)cnc21. The van der Waals surface area contributed by atoms with Crippen molar-refractivity contribution in [2.24, 2.45) is 0 Å². The molecule has 4 heteroatoms. The molecule has 3 nitrogen and oxygen atoms in total. The maximum absolute atomic E-state index is 5.43. The number of aromatic nitrogens is 1. The van der Waals surface area contributed by atoms with Crippen LogP contribution in [0.1, 0.15) is 0 Å². The van der Waals surface area contributed by atoms with Crippen molar-refractivity contribution in [2.45, 2.75) is 0 Å². The van der Waals surface area contributed by atoms with Crippen molar-refractivity contribution in [3.8, 4) is 5.75 Å². The van der Waals surface area contributed by atoms with Gasteiger partial charge in [-0.15, -0.1) is 6.58 Å². The van der Waals surface area contributed by atoms with Crippen molar-refractivity contribution in [3.63, 3.8) is 0 Å². The quantitative estimate of drug-likeness (QED) is 0.742. The van der Waals surface area contributed by atoms with E-state index in [0.717, 1.165) is 22.6 Å². The van der Waals surface area contributed by atoms with Crippen LogP contribution >= 0.6 is 15.9 Å². The van der Waals surface area contributed by atoms with Crippen LogP contribution in [-0.4, -0.2) is 18.3 Å².